The lowest BCUT2D eigenvalue weighted by molar-refractivity contribution is 0.571. The van der Waals surface area contributed by atoms with Crippen molar-refractivity contribution in [1.29, 1.82) is 0 Å². The molecular weight excluding hydrogens is 162 g/mol. The molecule has 0 unspecified atom stereocenters. The summed E-state index contributed by atoms with van der Waals surface area (Å²) in [5.74, 6) is 6.41. The van der Waals surface area contributed by atoms with Gasteiger partial charge in [0.2, 0.25) is 0 Å². The quantitative estimate of drug-likeness (QED) is 0.607. The molecule has 0 spiro atoms. The van der Waals surface area contributed by atoms with Crippen molar-refractivity contribution >= 4 is 5.82 Å². The lowest BCUT2D eigenvalue weighted by Crippen LogP contribution is -2.00. The van der Waals surface area contributed by atoms with Gasteiger partial charge in [0.05, 0.1) is 0 Å². The fourth-order valence-electron chi connectivity index (χ4n) is 0.661. The Balaban J connectivity index is 2.85. The molecule has 1 heterocycles. The number of nitrogens with two attached hydrogens (primary N) is 1. The predicted octanol–water partition coefficient (Wildman–Crippen LogP) is 1.46. The molecule has 0 aliphatic rings. The van der Waals surface area contributed by atoms with Crippen LogP contribution in [0.2, 0.25) is 0 Å². The van der Waals surface area contributed by atoms with Crippen LogP contribution in [0.1, 0.15) is 26.5 Å². The van der Waals surface area contributed by atoms with Gasteiger partial charge in [-0.25, -0.2) is 0 Å². The Morgan fingerprint density at radius 3 is 2.38 bits per heavy atom. The summed E-state index contributed by atoms with van der Waals surface area (Å²) >= 11 is 0. The van der Waals surface area contributed by atoms with Crippen LogP contribution < -0.4 is 5.73 Å². The minimum absolute atomic E-state index is 0.0108. The molecule has 3 nitrogen and oxygen atoms in total. The van der Waals surface area contributed by atoms with E-state index in [0.717, 1.165) is 0 Å². The Morgan fingerprint density at radius 2 is 1.92 bits per heavy atom. The highest BCUT2D eigenvalue weighted by Crippen LogP contribution is 2.10. The maximum atomic E-state index is 5.39. The zero-order valence-electron chi connectivity index (χ0n) is 8.13. The molecule has 0 aliphatic carbocycles. The van der Waals surface area contributed by atoms with E-state index in [9.17, 15) is 0 Å². The summed E-state index contributed by atoms with van der Waals surface area (Å²) in [6, 6.07) is 3.46. The van der Waals surface area contributed by atoms with Crippen molar-refractivity contribution in [2.24, 2.45) is 5.41 Å². The molecule has 0 bridgehead atoms. The summed E-state index contributed by atoms with van der Waals surface area (Å²) < 4.78 is 0. The van der Waals surface area contributed by atoms with E-state index in [2.05, 4.69) is 22.0 Å². The summed E-state index contributed by atoms with van der Waals surface area (Å²) in [5.41, 5.74) is 6.03. The molecule has 13 heavy (non-hydrogen) atoms. The summed E-state index contributed by atoms with van der Waals surface area (Å²) in [7, 11) is 0. The summed E-state index contributed by atoms with van der Waals surface area (Å²) in [6.07, 6.45) is 0. The standard InChI is InChI=1S/C10H13N3/c1-10(2,3)7-6-8-4-5-9(11)13-12-8/h4-5H,1-3H3,(H2,11,13). The highest BCUT2D eigenvalue weighted by atomic mass is 15.1. The van der Waals surface area contributed by atoms with Gasteiger partial charge in [0.25, 0.3) is 0 Å². The average Bonchev–Trinajstić information content (AvgIpc) is 2.02. The highest BCUT2D eigenvalue weighted by molar-refractivity contribution is 5.33. The average molecular weight is 175 g/mol. The number of nitrogens with zero attached hydrogens (tertiary/aromatic N) is 2. The Morgan fingerprint density at radius 1 is 1.23 bits per heavy atom. The summed E-state index contributed by atoms with van der Waals surface area (Å²) in [4.78, 5) is 0. The van der Waals surface area contributed by atoms with Crippen molar-refractivity contribution in [3.63, 3.8) is 0 Å². The van der Waals surface area contributed by atoms with Gasteiger partial charge in [-0.1, -0.05) is 5.92 Å². The topological polar surface area (TPSA) is 51.8 Å². The van der Waals surface area contributed by atoms with Crippen LogP contribution in [-0.4, -0.2) is 10.2 Å². The third-order valence-electron chi connectivity index (χ3n) is 1.25. The zero-order chi connectivity index (χ0) is 9.90. The third kappa shape index (κ3) is 3.57. The molecule has 1 rings (SSSR count). The molecule has 2 N–H and O–H groups in total. The van der Waals surface area contributed by atoms with Crippen LogP contribution in [0.15, 0.2) is 12.1 Å². The van der Waals surface area contributed by atoms with E-state index in [0.29, 0.717) is 11.5 Å². The molecule has 0 atom stereocenters. The van der Waals surface area contributed by atoms with Crippen molar-refractivity contribution in [1.82, 2.24) is 10.2 Å². The second-order valence-electron chi connectivity index (χ2n) is 3.84. The molecular formula is C10H13N3. The first-order valence-electron chi connectivity index (χ1n) is 4.10. The third-order valence-corrected chi connectivity index (χ3v) is 1.25. The monoisotopic (exact) mass is 175 g/mol. The zero-order valence-corrected chi connectivity index (χ0v) is 8.13. The minimum Gasteiger partial charge on any atom is -0.382 e. The van der Waals surface area contributed by atoms with Crippen LogP contribution in [0.3, 0.4) is 0 Å². The molecule has 3 heteroatoms. The van der Waals surface area contributed by atoms with Crippen molar-refractivity contribution in [2.45, 2.75) is 20.8 Å². The summed E-state index contributed by atoms with van der Waals surface area (Å²) in [6.45, 7) is 6.14. The fourth-order valence-corrected chi connectivity index (χ4v) is 0.661. The van der Waals surface area contributed by atoms with Crippen LogP contribution >= 0.6 is 0 Å². The Labute approximate surface area is 78.4 Å². The van der Waals surface area contributed by atoms with Crippen LogP contribution in [-0.2, 0) is 0 Å². The molecule has 0 radical (unpaired) electrons. The number of nitrogen functional groups attached to an aromatic ring is 1. The van der Waals surface area contributed by atoms with Gasteiger partial charge in [-0.15, -0.1) is 10.2 Å². The highest BCUT2D eigenvalue weighted by Gasteiger charge is 2.03. The molecule has 0 aromatic carbocycles. The van der Waals surface area contributed by atoms with Crippen molar-refractivity contribution in [2.75, 3.05) is 5.73 Å². The second-order valence-corrected chi connectivity index (χ2v) is 3.84. The van der Waals surface area contributed by atoms with E-state index < -0.39 is 0 Å². The smallest absolute Gasteiger partial charge is 0.146 e. The molecule has 0 saturated heterocycles. The van der Waals surface area contributed by atoms with Gasteiger partial charge < -0.3 is 5.73 Å². The van der Waals surface area contributed by atoms with Gasteiger partial charge in [0.1, 0.15) is 11.5 Å². The predicted molar refractivity (Wildman–Crippen MR) is 52.8 cm³/mol. The maximum absolute atomic E-state index is 5.39. The Kier molecular flexibility index (Phi) is 2.52. The minimum atomic E-state index is -0.0108. The van der Waals surface area contributed by atoms with Gasteiger partial charge in [-0.05, 0) is 38.8 Å². The maximum Gasteiger partial charge on any atom is 0.146 e. The SMILES string of the molecule is CC(C)(C)C#Cc1ccc(N)nn1. The Bertz CT molecular complexity index is 335. The molecule has 0 aliphatic heterocycles. The number of anilines is 1. The fraction of sp³-hybridized carbons (Fsp3) is 0.400. The van der Waals surface area contributed by atoms with Gasteiger partial charge in [0, 0.05) is 5.41 Å². The number of hydrogen-bond donors (Lipinski definition) is 1. The lowest BCUT2D eigenvalue weighted by Gasteiger charge is -2.06. The van der Waals surface area contributed by atoms with Crippen LogP contribution in [0.4, 0.5) is 5.82 Å². The number of rotatable bonds is 0. The van der Waals surface area contributed by atoms with Crippen molar-refractivity contribution in [3.8, 4) is 11.8 Å². The second kappa shape index (κ2) is 3.44. The Hall–Kier alpha value is -1.56. The van der Waals surface area contributed by atoms with Gasteiger partial charge >= 0.3 is 0 Å². The first-order chi connectivity index (χ1) is 5.97. The molecule has 0 saturated carbocycles. The lowest BCUT2D eigenvalue weighted by atomic mass is 9.98. The number of hydrogen-bond acceptors (Lipinski definition) is 3. The van der Waals surface area contributed by atoms with E-state index in [1.54, 1.807) is 12.1 Å². The van der Waals surface area contributed by atoms with E-state index in [-0.39, 0.29) is 5.41 Å². The van der Waals surface area contributed by atoms with Gasteiger partial charge in [-0.3, -0.25) is 0 Å². The van der Waals surface area contributed by atoms with E-state index in [1.165, 1.54) is 0 Å². The van der Waals surface area contributed by atoms with Gasteiger partial charge in [-0.2, -0.15) is 0 Å². The normalized spacial score (nSPS) is 10.4. The van der Waals surface area contributed by atoms with Crippen LogP contribution in [0, 0.1) is 17.3 Å². The molecule has 0 amide bonds. The van der Waals surface area contributed by atoms with E-state index in [1.807, 2.05) is 20.8 Å². The largest absolute Gasteiger partial charge is 0.382 e. The first kappa shape index (κ1) is 9.53. The molecule has 68 valence electrons. The number of aromatic nitrogens is 2. The first-order valence-corrected chi connectivity index (χ1v) is 4.10. The van der Waals surface area contributed by atoms with E-state index >= 15 is 0 Å². The van der Waals surface area contributed by atoms with Crippen molar-refractivity contribution in [3.05, 3.63) is 17.8 Å². The molecule has 1 aromatic rings. The molecule has 1 aromatic heterocycles. The van der Waals surface area contributed by atoms with E-state index in [4.69, 9.17) is 5.73 Å². The summed E-state index contributed by atoms with van der Waals surface area (Å²) in [5, 5.41) is 7.54. The van der Waals surface area contributed by atoms with Gasteiger partial charge in [0.15, 0.2) is 0 Å². The van der Waals surface area contributed by atoms with Crippen LogP contribution in [0.25, 0.3) is 0 Å². The van der Waals surface area contributed by atoms with Crippen molar-refractivity contribution < 1.29 is 0 Å². The molecule has 0 fully saturated rings. The van der Waals surface area contributed by atoms with Crippen LogP contribution in [0.5, 0.6) is 0 Å².